The summed E-state index contributed by atoms with van der Waals surface area (Å²) in [5.74, 6) is 0.570. The summed E-state index contributed by atoms with van der Waals surface area (Å²) in [5, 5.41) is 3.47. The van der Waals surface area contributed by atoms with E-state index in [9.17, 15) is 8.78 Å². The van der Waals surface area contributed by atoms with Gasteiger partial charge in [-0.15, -0.1) is 0 Å². The van der Waals surface area contributed by atoms with Gasteiger partial charge >= 0.3 is 0 Å². The monoisotopic (exact) mass is 570 g/mol. The van der Waals surface area contributed by atoms with Crippen molar-refractivity contribution in [2.24, 2.45) is 0 Å². The maximum Gasteiger partial charge on any atom is 0.226 e. The number of halogens is 3. The van der Waals surface area contributed by atoms with E-state index in [0.717, 1.165) is 43.4 Å². The fraction of sp³-hybridized carbons (Fsp3) is 0.467. The number of nitrogens with zero attached hydrogens (tertiary/aromatic N) is 4. The van der Waals surface area contributed by atoms with Crippen molar-refractivity contribution in [3.05, 3.63) is 76.6 Å². The van der Waals surface area contributed by atoms with Gasteiger partial charge in [-0.05, 0) is 72.7 Å². The van der Waals surface area contributed by atoms with Crippen LogP contribution in [0.25, 0.3) is 0 Å². The Morgan fingerprint density at radius 2 is 1.60 bits per heavy atom. The quantitative estimate of drug-likeness (QED) is 0.303. The number of piperazine rings is 1. The molecular formula is C30H37ClF2N6O. The predicted molar refractivity (Wildman–Crippen MR) is 156 cm³/mol. The van der Waals surface area contributed by atoms with Crippen molar-refractivity contribution in [3.8, 4) is 0 Å². The van der Waals surface area contributed by atoms with Crippen molar-refractivity contribution >= 4 is 28.9 Å². The highest BCUT2D eigenvalue weighted by Crippen LogP contribution is 2.38. The van der Waals surface area contributed by atoms with Crippen LogP contribution in [0.1, 0.15) is 56.7 Å². The Morgan fingerprint density at radius 3 is 2.15 bits per heavy atom. The summed E-state index contributed by atoms with van der Waals surface area (Å²) in [6, 6.07) is 13.2. The number of ether oxygens (including phenoxy) is 1. The van der Waals surface area contributed by atoms with Crippen LogP contribution in [0.5, 0.6) is 0 Å². The van der Waals surface area contributed by atoms with Crippen LogP contribution in [0.15, 0.2) is 48.5 Å². The number of nitrogens with one attached hydrogen (secondary N) is 1. The van der Waals surface area contributed by atoms with Gasteiger partial charge in [-0.3, -0.25) is 4.90 Å². The lowest BCUT2D eigenvalue weighted by atomic mass is 9.91. The van der Waals surface area contributed by atoms with Crippen LogP contribution in [0, 0.1) is 11.6 Å². The molecule has 2 aromatic carbocycles. The van der Waals surface area contributed by atoms with E-state index in [1.165, 1.54) is 24.3 Å². The molecule has 214 valence electrons. The summed E-state index contributed by atoms with van der Waals surface area (Å²) in [6.07, 6.45) is 3.87. The van der Waals surface area contributed by atoms with Gasteiger partial charge < -0.3 is 20.7 Å². The molecule has 10 heteroatoms. The van der Waals surface area contributed by atoms with Gasteiger partial charge in [-0.25, -0.2) is 8.78 Å². The Kier molecular flexibility index (Phi) is 9.03. The Morgan fingerprint density at radius 1 is 0.975 bits per heavy atom. The lowest BCUT2D eigenvalue weighted by molar-refractivity contribution is 0.110. The van der Waals surface area contributed by atoms with Crippen LogP contribution in [0.4, 0.5) is 26.1 Å². The molecule has 40 heavy (non-hydrogen) atoms. The zero-order valence-corrected chi connectivity index (χ0v) is 23.7. The van der Waals surface area contributed by atoms with Gasteiger partial charge in [0, 0.05) is 38.3 Å². The van der Waals surface area contributed by atoms with Crippen LogP contribution in [0.2, 0.25) is 5.28 Å². The molecule has 2 aliphatic rings. The average molecular weight is 571 g/mol. The molecule has 2 fully saturated rings. The molecule has 3 heterocycles. The third kappa shape index (κ3) is 6.16. The normalized spacial score (nSPS) is 21.8. The second-order valence-corrected chi connectivity index (χ2v) is 10.9. The first-order chi connectivity index (χ1) is 19.4. The summed E-state index contributed by atoms with van der Waals surface area (Å²) in [5.41, 5.74) is 9.05. The van der Waals surface area contributed by atoms with Crippen LogP contribution in [0.3, 0.4) is 0 Å². The maximum absolute atomic E-state index is 13.9. The van der Waals surface area contributed by atoms with Crippen molar-refractivity contribution in [1.29, 1.82) is 0 Å². The summed E-state index contributed by atoms with van der Waals surface area (Å²) in [6.45, 7) is 7.04. The van der Waals surface area contributed by atoms with E-state index in [2.05, 4.69) is 38.9 Å². The molecule has 7 nitrogen and oxygen atoms in total. The highest BCUT2D eigenvalue weighted by atomic mass is 35.5. The first kappa shape index (κ1) is 28.5. The second kappa shape index (κ2) is 12.7. The number of hydrogen-bond donors (Lipinski definition) is 2. The maximum atomic E-state index is 13.9. The highest BCUT2D eigenvalue weighted by molar-refractivity contribution is 6.28. The Bertz CT molecular complexity index is 1230. The number of aromatic nitrogens is 2. The van der Waals surface area contributed by atoms with Gasteiger partial charge in [0.05, 0.1) is 12.1 Å². The number of rotatable bonds is 9. The molecule has 3 N–H and O–H groups in total. The van der Waals surface area contributed by atoms with E-state index in [1.54, 1.807) is 0 Å². The van der Waals surface area contributed by atoms with Crippen LogP contribution < -0.4 is 16.0 Å². The van der Waals surface area contributed by atoms with Crippen molar-refractivity contribution in [1.82, 2.24) is 14.9 Å². The van der Waals surface area contributed by atoms with Crippen molar-refractivity contribution in [2.75, 3.05) is 42.2 Å². The Hall–Kier alpha value is -3.01. The number of hydrogen-bond acceptors (Lipinski definition) is 7. The van der Waals surface area contributed by atoms with Crippen molar-refractivity contribution in [2.45, 2.75) is 63.8 Å². The summed E-state index contributed by atoms with van der Waals surface area (Å²) in [7, 11) is 0. The van der Waals surface area contributed by atoms with Crippen LogP contribution >= 0.6 is 11.6 Å². The highest BCUT2D eigenvalue weighted by Gasteiger charge is 2.38. The van der Waals surface area contributed by atoms with Gasteiger partial charge in [0.1, 0.15) is 17.3 Å². The molecule has 3 atom stereocenters. The second-order valence-electron chi connectivity index (χ2n) is 10.6. The molecule has 1 aromatic heterocycles. The lowest BCUT2D eigenvalue weighted by Gasteiger charge is -2.50. The third-order valence-corrected chi connectivity index (χ3v) is 8.24. The number of benzene rings is 2. The standard InChI is InChI=1S/C30H37ClF2N6O/c1-3-23-18-39(29-26(34)28(36-30(31)37-29)35-16-25-6-5-15-40-25)24(4-2)17-38(23)27(19-7-11-21(32)12-8-19)20-9-13-22(33)14-10-20/h7-14,23-25,27H,3-6,15-18,34H2,1-2H3,(H,35,36,37)/t23-,24+,25+/m1/s1. The molecule has 0 aliphatic carbocycles. The zero-order chi connectivity index (χ0) is 28.2. The molecule has 0 saturated carbocycles. The molecular weight excluding hydrogens is 534 g/mol. The molecule has 0 bridgehead atoms. The molecule has 5 rings (SSSR count). The molecule has 0 unspecified atom stereocenters. The van der Waals surface area contributed by atoms with Gasteiger partial charge in [0.2, 0.25) is 5.28 Å². The predicted octanol–water partition coefficient (Wildman–Crippen LogP) is 6.05. The molecule has 2 saturated heterocycles. The van der Waals surface area contributed by atoms with Gasteiger partial charge in [-0.2, -0.15) is 9.97 Å². The van der Waals surface area contributed by atoms with E-state index in [1.807, 2.05) is 24.3 Å². The fourth-order valence-corrected chi connectivity index (χ4v) is 6.09. The fourth-order valence-electron chi connectivity index (χ4n) is 5.93. The Labute approximate surface area is 239 Å². The summed E-state index contributed by atoms with van der Waals surface area (Å²) >= 11 is 6.42. The molecule has 0 amide bonds. The lowest BCUT2D eigenvalue weighted by Crippen LogP contribution is -2.59. The first-order valence-electron chi connectivity index (χ1n) is 14.1. The van der Waals surface area contributed by atoms with Crippen molar-refractivity contribution in [3.63, 3.8) is 0 Å². The largest absolute Gasteiger partial charge is 0.393 e. The third-order valence-electron chi connectivity index (χ3n) is 8.08. The first-order valence-corrected chi connectivity index (χ1v) is 14.5. The minimum Gasteiger partial charge on any atom is -0.393 e. The molecule has 0 radical (unpaired) electrons. The molecule has 3 aromatic rings. The zero-order valence-electron chi connectivity index (χ0n) is 23.0. The Balaban J connectivity index is 1.46. The topological polar surface area (TPSA) is 79.5 Å². The minimum absolute atomic E-state index is 0.0745. The SMILES string of the molecule is CC[C@H]1CN(C(c2ccc(F)cc2)c2ccc(F)cc2)[C@H](CC)CN1c1nc(Cl)nc(NC[C@@H]2CCCO2)c1N. The van der Waals surface area contributed by atoms with Crippen LogP contribution in [-0.4, -0.2) is 59.3 Å². The summed E-state index contributed by atoms with van der Waals surface area (Å²) in [4.78, 5) is 13.7. The number of nitrogens with two attached hydrogens (primary N) is 1. The summed E-state index contributed by atoms with van der Waals surface area (Å²) < 4.78 is 33.5. The van der Waals surface area contributed by atoms with E-state index >= 15 is 0 Å². The van der Waals surface area contributed by atoms with Gasteiger partial charge in [0.15, 0.2) is 11.6 Å². The molecule has 0 spiro atoms. The minimum atomic E-state index is -0.287. The van der Waals surface area contributed by atoms with Gasteiger partial charge in [-0.1, -0.05) is 38.1 Å². The number of nitrogen functional groups attached to an aromatic ring is 1. The van der Waals surface area contributed by atoms with E-state index in [-0.39, 0.29) is 41.1 Å². The van der Waals surface area contributed by atoms with Gasteiger partial charge in [0.25, 0.3) is 0 Å². The van der Waals surface area contributed by atoms with E-state index in [4.69, 9.17) is 22.1 Å². The smallest absolute Gasteiger partial charge is 0.226 e. The van der Waals surface area contributed by atoms with E-state index in [0.29, 0.717) is 37.0 Å². The van der Waals surface area contributed by atoms with E-state index < -0.39 is 0 Å². The number of anilines is 3. The average Bonchev–Trinajstić information content (AvgIpc) is 3.49. The molecule has 2 aliphatic heterocycles. The van der Waals surface area contributed by atoms with Crippen LogP contribution in [-0.2, 0) is 4.74 Å². The van der Waals surface area contributed by atoms with Crippen molar-refractivity contribution < 1.29 is 13.5 Å².